The molecule has 0 N–H and O–H groups in total. The third kappa shape index (κ3) is 4.87. The van der Waals surface area contributed by atoms with Crippen molar-refractivity contribution in [2.75, 3.05) is 37.7 Å². The lowest BCUT2D eigenvalue weighted by atomic mass is 10.2. The quantitative estimate of drug-likeness (QED) is 0.503. The molecule has 1 fully saturated rings. The third-order valence-electron chi connectivity index (χ3n) is 4.92. The van der Waals surface area contributed by atoms with Gasteiger partial charge in [0.25, 0.3) is 10.0 Å². The minimum Gasteiger partial charge on any atom is -0.497 e. The number of anilines is 1. The van der Waals surface area contributed by atoms with Gasteiger partial charge < -0.3 is 9.47 Å². The molecule has 3 heterocycles. The molecule has 0 bridgehead atoms. The standard InChI is InChI=1S/C21H24N2O4S3/c1-26-19-6-4-18(5-7-19)23(30(24,25)21-3-2-12-28-21)15-20-13-17(16-29-20)14-22-8-10-27-11-9-22/h2-7,12-13,16H,8-11,14-15H2,1H3. The molecule has 3 aromatic rings. The predicted molar refractivity (Wildman–Crippen MR) is 121 cm³/mol. The summed E-state index contributed by atoms with van der Waals surface area (Å²) in [5, 5.41) is 3.90. The van der Waals surface area contributed by atoms with E-state index >= 15 is 0 Å². The molecular formula is C21H24N2O4S3. The Bertz CT molecular complexity index is 1040. The van der Waals surface area contributed by atoms with E-state index in [-0.39, 0.29) is 0 Å². The predicted octanol–water partition coefficient (Wildman–Crippen LogP) is 4.05. The molecule has 30 heavy (non-hydrogen) atoms. The van der Waals surface area contributed by atoms with Gasteiger partial charge in [0.2, 0.25) is 0 Å². The summed E-state index contributed by atoms with van der Waals surface area (Å²) in [4.78, 5) is 3.37. The molecular weight excluding hydrogens is 440 g/mol. The van der Waals surface area contributed by atoms with Gasteiger partial charge in [0.15, 0.2) is 0 Å². The van der Waals surface area contributed by atoms with Gasteiger partial charge in [0, 0.05) is 24.5 Å². The molecule has 0 unspecified atom stereocenters. The topological polar surface area (TPSA) is 59.1 Å². The Hall–Kier alpha value is -1.91. The first-order valence-electron chi connectivity index (χ1n) is 9.63. The fourth-order valence-corrected chi connectivity index (χ4v) is 6.83. The zero-order chi connectivity index (χ0) is 21.0. The van der Waals surface area contributed by atoms with Gasteiger partial charge >= 0.3 is 0 Å². The van der Waals surface area contributed by atoms with Crippen molar-refractivity contribution in [2.45, 2.75) is 17.3 Å². The van der Waals surface area contributed by atoms with E-state index < -0.39 is 10.0 Å². The van der Waals surface area contributed by atoms with Gasteiger partial charge in [0.05, 0.1) is 32.6 Å². The van der Waals surface area contributed by atoms with Crippen LogP contribution in [0.15, 0.2) is 57.4 Å². The first kappa shape index (κ1) is 21.3. The SMILES string of the molecule is COc1ccc(N(Cc2cc(CN3CCOCC3)cs2)S(=O)(=O)c2cccs2)cc1. The molecule has 0 aliphatic carbocycles. The number of morpholine rings is 1. The molecule has 1 aliphatic rings. The molecule has 4 rings (SSSR count). The van der Waals surface area contributed by atoms with Crippen molar-refractivity contribution in [1.82, 2.24) is 4.90 Å². The highest BCUT2D eigenvalue weighted by molar-refractivity contribution is 7.94. The van der Waals surface area contributed by atoms with E-state index in [1.807, 2.05) is 0 Å². The van der Waals surface area contributed by atoms with Crippen LogP contribution in [0.25, 0.3) is 0 Å². The van der Waals surface area contributed by atoms with Crippen molar-refractivity contribution in [3.8, 4) is 5.75 Å². The van der Waals surface area contributed by atoms with E-state index in [9.17, 15) is 8.42 Å². The van der Waals surface area contributed by atoms with Crippen molar-refractivity contribution < 1.29 is 17.9 Å². The first-order valence-corrected chi connectivity index (χ1v) is 12.8. The van der Waals surface area contributed by atoms with Crippen molar-refractivity contribution >= 4 is 38.4 Å². The summed E-state index contributed by atoms with van der Waals surface area (Å²) in [6.07, 6.45) is 0. The van der Waals surface area contributed by atoms with Crippen LogP contribution in [0, 0.1) is 0 Å². The average Bonchev–Trinajstić information content (AvgIpc) is 3.46. The number of rotatable bonds is 8. The fraction of sp³-hybridized carbons (Fsp3) is 0.333. The van der Waals surface area contributed by atoms with Gasteiger partial charge in [-0.15, -0.1) is 22.7 Å². The minimum atomic E-state index is -3.66. The Morgan fingerprint density at radius 1 is 1.13 bits per heavy atom. The van der Waals surface area contributed by atoms with Crippen LogP contribution in [0.2, 0.25) is 0 Å². The summed E-state index contributed by atoms with van der Waals surface area (Å²) >= 11 is 2.83. The zero-order valence-corrected chi connectivity index (χ0v) is 19.1. The smallest absolute Gasteiger partial charge is 0.274 e. The van der Waals surface area contributed by atoms with Crippen LogP contribution in [0.5, 0.6) is 5.75 Å². The molecule has 2 aromatic heterocycles. The lowest BCUT2D eigenvalue weighted by molar-refractivity contribution is 0.0342. The number of sulfonamides is 1. The lowest BCUT2D eigenvalue weighted by Crippen LogP contribution is -2.35. The van der Waals surface area contributed by atoms with E-state index in [1.54, 1.807) is 60.2 Å². The van der Waals surface area contributed by atoms with Crippen molar-refractivity contribution in [2.24, 2.45) is 0 Å². The normalized spacial score (nSPS) is 15.2. The maximum atomic E-state index is 13.4. The zero-order valence-electron chi connectivity index (χ0n) is 16.7. The molecule has 1 aliphatic heterocycles. The van der Waals surface area contributed by atoms with Crippen LogP contribution in [-0.4, -0.2) is 46.7 Å². The second-order valence-electron chi connectivity index (χ2n) is 6.95. The number of nitrogens with zero attached hydrogens (tertiary/aromatic N) is 2. The monoisotopic (exact) mass is 464 g/mol. The molecule has 0 atom stereocenters. The van der Waals surface area contributed by atoms with Gasteiger partial charge in [-0.1, -0.05) is 6.07 Å². The summed E-state index contributed by atoms with van der Waals surface area (Å²) in [6.45, 7) is 4.54. The second-order valence-corrected chi connectivity index (χ2v) is 11.0. The fourth-order valence-electron chi connectivity index (χ4n) is 3.33. The largest absolute Gasteiger partial charge is 0.497 e. The van der Waals surface area contributed by atoms with Crippen LogP contribution in [-0.2, 0) is 27.8 Å². The molecule has 6 nitrogen and oxygen atoms in total. The molecule has 0 spiro atoms. The number of benzene rings is 1. The third-order valence-corrected chi connectivity index (χ3v) is 9.03. The van der Waals surface area contributed by atoms with Crippen LogP contribution < -0.4 is 9.04 Å². The summed E-state index contributed by atoms with van der Waals surface area (Å²) in [5.41, 5.74) is 1.83. The Morgan fingerprint density at radius 2 is 1.90 bits per heavy atom. The highest BCUT2D eigenvalue weighted by Crippen LogP contribution is 2.31. The lowest BCUT2D eigenvalue weighted by Gasteiger charge is -2.26. The number of hydrogen-bond donors (Lipinski definition) is 0. The maximum Gasteiger partial charge on any atom is 0.274 e. The number of methoxy groups -OCH3 is 1. The summed E-state index contributed by atoms with van der Waals surface area (Å²) in [6, 6.07) is 12.7. The summed E-state index contributed by atoms with van der Waals surface area (Å²) in [7, 11) is -2.06. The molecule has 0 radical (unpaired) electrons. The first-order chi connectivity index (χ1) is 14.6. The summed E-state index contributed by atoms with van der Waals surface area (Å²) in [5.74, 6) is 0.691. The number of thiophene rings is 2. The van der Waals surface area contributed by atoms with Crippen LogP contribution in [0.3, 0.4) is 0 Å². The van der Waals surface area contributed by atoms with Gasteiger partial charge in [-0.2, -0.15) is 0 Å². The highest BCUT2D eigenvalue weighted by atomic mass is 32.2. The molecule has 1 saturated heterocycles. The van der Waals surface area contributed by atoms with Gasteiger partial charge in [0.1, 0.15) is 9.96 Å². The second kappa shape index (κ2) is 9.49. The van der Waals surface area contributed by atoms with Crippen LogP contribution in [0.4, 0.5) is 5.69 Å². The Morgan fingerprint density at radius 3 is 2.57 bits per heavy atom. The van der Waals surface area contributed by atoms with Crippen molar-refractivity contribution in [3.63, 3.8) is 0 Å². The van der Waals surface area contributed by atoms with E-state index in [4.69, 9.17) is 9.47 Å². The molecule has 160 valence electrons. The summed E-state index contributed by atoms with van der Waals surface area (Å²) < 4.78 is 39.2. The van der Waals surface area contributed by atoms with Crippen LogP contribution >= 0.6 is 22.7 Å². The Balaban J connectivity index is 1.58. The molecule has 9 heteroatoms. The maximum absolute atomic E-state index is 13.4. The van der Waals surface area contributed by atoms with Crippen molar-refractivity contribution in [3.05, 3.63) is 63.7 Å². The van der Waals surface area contributed by atoms with E-state index in [1.165, 1.54) is 21.2 Å². The van der Waals surface area contributed by atoms with E-state index in [0.29, 0.717) is 22.2 Å². The molecule has 0 amide bonds. The minimum absolute atomic E-state index is 0.292. The average molecular weight is 465 g/mol. The van der Waals surface area contributed by atoms with Gasteiger partial charge in [-0.05, 0) is 52.7 Å². The van der Waals surface area contributed by atoms with Gasteiger partial charge in [-0.25, -0.2) is 8.42 Å². The van der Waals surface area contributed by atoms with Gasteiger partial charge in [-0.3, -0.25) is 9.21 Å². The van der Waals surface area contributed by atoms with Crippen molar-refractivity contribution in [1.29, 1.82) is 0 Å². The molecule has 0 saturated carbocycles. The van der Waals surface area contributed by atoms with E-state index in [2.05, 4.69) is 16.3 Å². The van der Waals surface area contributed by atoms with E-state index in [0.717, 1.165) is 37.7 Å². The Labute approximate surface area is 185 Å². The number of hydrogen-bond acceptors (Lipinski definition) is 7. The number of ether oxygens (including phenoxy) is 2. The highest BCUT2D eigenvalue weighted by Gasteiger charge is 2.27. The van der Waals surface area contributed by atoms with Crippen LogP contribution in [0.1, 0.15) is 10.4 Å². The molecule has 1 aromatic carbocycles. The Kier molecular flexibility index (Phi) is 6.74.